The number of anilines is 1. The Labute approximate surface area is 508 Å². The number of aromatic amines is 1. The van der Waals surface area contributed by atoms with Gasteiger partial charge in [-0.1, -0.05) is 56.3 Å². The molecule has 86 heavy (non-hydrogen) atoms. The van der Waals surface area contributed by atoms with E-state index in [2.05, 4.69) is 38.5 Å². The van der Waals surface area contributed by atoms with Crippen LogP contribution in [0, 0.1) is 33.6 Å². The van der Waals surface area contributed by atoms with Crippen LogP contribution in [0.5, 0.6) is 11.5 Å². The van der Waals surface area contributed by atoms with E-state index in [0.717, 1.165) is 92.5 Å². The molecule has 0 bridgehead atoms. The number of thiazole rings is 1. The molecule has 0 saturated carbocycles. The van der Waals surface area contributed by atoms with Gasteiger partial charge >= 0.3 is 0 Å². The largest absolute Gasteiger partial charge is 0.494 e. The van der Waals surface area contributed by atoms with Crippen molar-refractivity contribution in [2.45, 2.75) is 131 Å². The van der Waals surface area contributed by atoms with Crippen molar-refractivity contribution in [3.8, 4) is 33.1 Å². The minimum absolute atomic E-state index is 0.00000362. The summed E-state index contributed by atoms with van der Waals surface area (Å²) in [4.78, 5) is 82.3. The number of β-amino-alcohol motifs (C(OH)–C–C–N with tert-alkyl or cyclic N) is 1. The highest BCUT2D eigenvalue weighted by molar-refractivity contribution is 7.13. The summed E-state index contributed by atoms with van der Waals surface area (Å²) in [5.74, 6) is -0.0712. The quantitative estimate of drug-likeness (QED) is 0.0338. The number of nitrogens with one attached hydrogen (secondary N) is 3. The predicted molar refractivity (Wildman–Crippen MR) is 333 cm³/mol. The number of aliphatic hydroxyl groups is 1. The molecule has 0 aliphatic carbocycles. The van der Waals surface area contributed by atoms with Gasteiger partial charge in [0, 0.05) is 131 Å². The van der Waals surface area contributed by atoms with Crippen LogP contribution in [0.25, 0.3) is 21.6 Å². The van der Waals surface area contributed by atoms with Gasteiger partial charge in [-0.3, -0.25) is 24.0 Å². The van der Waals surface area contributed by atoms with E-state index in [1.165, 1.54) is 4.90 Å². The first kappa shape index (κ1) is 63.1. The fourth-order valence-electron chi connectivity index (χ4n) is 11.9. The van der Waals surface area contributed by atoms with Crippen molar-refractivity contribution < 1.29 is 48.0 Å². The zero-order valence-electron chi connectivity index (χ0n) is 50.7. The Morgan fingerprint density at radius 1 is 0.826 bits per heavy atom. The van der Waals surface area contributed by atoms with E-state index in [0.29, 0.717) is 94.7 Å². The summed E-state index contributed by atoms with van der Waals surface area (Å²) in [6, 6.07) is 25.8. The van der Waals surface area contributed by atoms with Crippen molar-refractivity contribution in [1.82, 2.24) is 30.4 Å². The normalized spacial score (nSPS) is 16.4. The number of fused-ring (bicyclic) bond motifs is 1. The molecule has 1 unspecified atom stereocenters. The van der Waals surface area contributed by atoms with E-state index in [-0.39, 0.29) is 67.2 Å². The van der Waals surface area contributed by atoms with E-state index in [4.69, 9.17) is 23.7 Å². The van der Waals surface area contributed by atoms with Gasteiger partial charge in [-0.25, -0.2) is 4.98 Å². The lowest BCUT2D eigenvalue weighted by Crippen LogP contribution is -2.55. The maximum absolute atomic E-state index is 14.3. The van der Waals surface area contributed by atoms with Gasteiger partial charge in [0.05, 0.1) is 35.4 Å². The molecule has 0 radical (unpaired) electrons. The van der Waals surface area contributed by atoms with Crippen LogP contribution in [-0.4, -0.2) is 139 Å². The van der Waals surface area contributed by atoms with E-state index in [1.807, 2.05) is 120 Å². The summed E-state index contributed by atoms with van der Waals surface area (Å²) in [6.45, 7) is 19.3. The number of benzene rings is 4. The zero-order chi connectivity index (χ0) is 60.9. The monoisotopic (exact) mass is 1190 g/mol. The number of aliphatic hydroxyl groups excluding tert-OH is 1. The summed E-state index contributed by atoms with van der Waals surface area (Å²) in [5, 5.41) is 16.9. The van der Waals surface area contributed by atoms with Crippen LogP contribution in [0.4, 0.5) is 5.69 Å². The summed E-state index contributed by atoms with van der Waals surface area (Å²) in [5.41, 5.74) is 12.1. The maximum Gasteiger partial charge on any atom is 0.255 e. The first-order valence-corrected chi connectivity index (χ1v) is 31.1. The fraction of sp³-hybridized carbons (Fsp3) is 0.463. The summed E-state index contributed by atoms with van der Waals surface area (Å²) in [6.07, 6.45) is 3.09. The summed E-state index contributed by atoms with van der Waals surface area (Å²) >= 11 is 1.54. The number of H-pyrrole nitrogens is 1. The van der Waals surface area contributed by atoms with Gasteiger partial charge in [0.1, 0.15) is 23.6 Å². The number of carbonyl (C=O) groups excluding carboxylic acids is 4. The number of ether oxygens (including phenoxy) is 5. The molecule has 2 fully saturated rings. The van der Waals surface area contributed by atoms with Crippen molar-refractivity contribution in [3.63, 3.8) is 0 Å². The lowest BCUT2D eigenvalue weighted by molar-refractivity contribution is -0.143. The molecule has 3 aliphatic heterocycles. The highest BCUT2D eigenvalue weighted by Gasteiger charge is 2.46. The second kappa shape index (κ2) is 29.8. The van der Waals surface area contributed by atoms with E-state index in [9.17, 15) is 29.1 Å². The zero-order valence-corrected chi connectivity index (χ0v) is 51.5. The van der Waals surface area contributed by atoms with Gasteiger partial charge in [-0.05, 0) is 136 Å². The van der Waals surface area contributed by atoms with Crippen molar-refractivity contribution >= 4 is 40.7 Å². The third-order valence-corrected chi connectivity index (χ3v) is 17.4. The second-order valence-electron chi connectivity index (χ2n) is 22.9. The highest BCUT2D eigenvalue weighted by atomic mass is 32.1. The molecule has 18 nitrogen and oxygen atoms in total. The SMILES string of the molecule is CCN(c1cc(-c2ccc(OCCCOCCCOCCCOc3cc(-c4scnc4C)ccc3CNC(=O)[C@@H]3C[C@@H](O)CN3C(=O)C(C(C)C)N3Cc4ccccc4C3=O)cc2)cc(C(=O)NCc2c(C)cc(C)[nH]c2=O)c1C)C1CCOCC1. The molecule has 6 aromatic rings. The Bertz CT molecular complexity index is 3380. The molecule has 4 N–H and O–H groups in total. The standard InChI is InChI=1S/C67H83N7O11S/c1-8-72(52-22-30-83-31-23-52)58-34-51(33-56(45(58)6)63(76)69-38-57-43(4)32-44(5)71-64(57)77)47-18-20-54(21-19-47)84-28-12-26-81-24-11-25-82-27-13-29-85-60-35-48(62-46(7)70-41-86-62)16-17-49(60)37-68-65(78)59-36-53(75)40-73(59)67(80)61(42(2)3)74-39-50-14-9-10-15-55(50)66(74)79/h9-10,14-21,32-35,41-42,52-53,59,61,75H,8,11-13,22-31,36-40H2,1-7H3,(H,68,78)(H,69,76)(H,71,77)/t53-,59+,61?/m1/s1. The van der Waals surface area contributed by atoms with E-state index in [1.54, 1.807) is 22.3 Å². The number of aromatic nitrogens is 2. The molecule has 3 aliphatic rings. The first-order valence-electron chi connectivity index (χ1n) is 30.3. The van der Waals surface area contributed by atoms with Crippen LogP contribution in [-0.2, 0) is 43.4 Å². The van der Waals surface area contributed by atoms with Crippen LogP contribution >= 0.6 is 11.3 Å². The van der Waals surface area contributed by atoms with Crippen LogP contribution in [0.1, 0.15) is 119 Å². The molecular formula is C67H83N7O11S. The van der Waals surface area contributed by atoms with Crippen molar-refractivity contribution in [2.75, 3.05) is 70.8 Å². The van der Waals surface area contributed by atoms with Crippen LogP contribution in [0.3, 0.4) is 0 Å². The number of rotatable bonds is 28. The summed E-state index contributed by atoms with van der Waals surface area (Å²) in [7, 11) is 0. The molecule has 0 spiro atoms. The Morgan fingerprint density at radius 3 is 2.20 bits per heavy atom. The van der Waals surface area contributed by atoms with E-state index >= 15 is 0 Å². The summed E-state index contributed by atoms with van der Waals surface area (Å²) < 4.78 is 30.0. The second-order valence-corrected chi connectivity index (χ2v) is 23.8. The number of aryl methyl sites for hydroxylation is 3. The number of hydrogen-bond donors (Lipinski definition) is 4. The van der Waals surface area contributed by atoms with Gasteiger partial charge in [0.25, 0.3) is 17.4 Å². The molecule has 4 amide bonds. The number of carbonyl (C=O) groups is 4. The maximum atomic E-state index is 14.3. The third-order valence-electron chi connectivity index (χ3n) is 16.4. The van der Waals surface area contributed by atoms with Gasteiger partial charge in [0.2, 0.25) is 11.8 Å². The number of hydrogen-bond acceptors (Lipinski definition) is 14. The van der Waals surface area contributed by atoms with Crippen molar-refractivity contribution in [1.29, 1.82) is 0 Å². The van der Waals surface area contributed by atoms with Crippen molar-refractivity contribution in [3.05, 3.63) is 151 Å². The van der Waals surface area contributed by atoms with Crippen molar-refractivity contribution in [2.24, 2.45) is 5.92 Å². The molecule has 2 aromatic heterocycles. The van der Waals surface area contributed by atoms with Gasteiger partial charge < -0.3 is 59.1 Å². The minimum Gasteiger partial charge on any atom is -0.494 e. The van der Waals surface area contributed by atoms with Crippen LogP contribution in [0.2, 0.25) is 0 Å². The molecule has 2 saturated heterocycles. The Morgan fingerprint density at radius 2 is 1.52 bits per heavy atom. The lowest BCUT2D eigenvalue weighted by Gasteiger charge is -2.37. The Kier molecular flexibility index (Phi) is 21.9. The average Bonchev–Trinajstić information content (AvgIpc) is 1.71. The number of amides is 4. The number of likely N-dealkylation sites (tertiary alicyclic amines) is 1. The average molecular weight is 1190 g/mol. The number of nitrogens with zero attached hydrogens (tertiary/aromatic N) is 4. The third kappa shape index (κ3) is 15.4. The van der Waals surface area contributed by atoms with Crippen LogP contribution in [0.15, 0.2) is 95.2 Å². The molecule has 3 atom stereocenters. The van der Waals surface area contributed by atoms with Crippen LogP contribution < -0.4 is 30.6 Å². The fourth-order valence-corrected chi connectivity index (χ4v) is 12.7. The van der Waals surface area contributed by atoms with Gasteiger partial charge in [-0.2, -0.15) is 0 Å². The molecule has 5 heterocycles. The Balaban J connectivity index is 0.708. The molecule has 19 heteroatoms. The first-order chi connectivity index (χ1) is 41.6. The van der Waals surface area contributed by atoms with E-state index < -0.39 is 18.2 Å². The van der Waals surface area contributed by atoms with Gasteiger partial charge in [-0.15, -0.1) is 11.3 Å². The Hall–Kier alpha value is -7.42. The molecule has 9 rings (SSSR count). The van der Waals surface area contributed by atoms with Gasteiger partial charge in [0.15, 0.2) is 0 Å². The molecule has 458 valence electrons. The topological polar surface area (TPSA) is 214 Å². The highest BCUT2D eigenvalue weighted by Crippen LogP contribution is 2.36. The minimum atomic E-state index is -0.910. The smallest absolute Gasteiger partial charge is 0.255 e. The molecular weight excluding hydrogens is 1110 g/mol. The number of pyridine rings is 1. The molecule has 4 aromatic carbocycles. The predicted octanol–water partition coefficient (Wildman–Crippen LogP) is 9.25. The lowest BCUT2D eigenvalue weighted by atomic mass is 9.95.